The number of aliphatic hydroxyl groups excluding tert-OH is 1. The summed E-state index contributed by atoms with van der Waals surface area (Å²) in [4.78, 5) is 10.5. The molecule has 0 fully saturated rings. The highest BCUT2D eigenvalue weighted by atomic mass is 16.5. The molecule has 0 atom stereocenters. The zero-order valence-corrected chi connectivity index (χ0v) is 7.39. The molecule has 0 amide bonds. The Bertz CT molecular complexity index is 129. The van der Waals surface area contributed by atoms with Crippen molar-refractivity contribution < 1.29 is 14.6 Å². The number of hydrogen-bond acceptors (Lipinski definition) is 3. The van der Waals surface area contributed by atoms with Crippen molar-refractivity contribution in [1.29, 1.82) is 0 Å². The van der Waals surface area contributed by atoms with E-state index in [1.165, 1.54) is 6.92 Å². The van der Waals surface area contributed by atoms with Gasteiger partial charge in [-0.25, -0.2) is 0 Å². The molecule has 0 rings (SSSR count). The van der Waals surface area contributed by atoms with Gasteiger partial charge in [-0.1, -0.05) is 0 Å². The lowest BCUT2D eigenvalue weighted by Crippen LogP contribution is -2.29. The first-order valence-electron chi connectivity index (χ1n) is 3.72. The van der Waals surface area contributed by atoms with Crippen LogP contribution in [0, 0.1) is 0 Å². The van der Waals surface area contributed by atoms with Crippen molar-refractivity contribution in [2.24, 2.45) is 0 Å². The Hall–Kier alpha value is -0.410. The number of Topliss-reactive ketones (excluding diaryl/α,β-unsaturated/α-hetero) is 1. The lowest BCUT2D eigenvalue weighted by atomic mass is 10.1. The first-order valence-corrected chi connectivity index (χ1v) is 3.72. The van der Waals surface area contributed by atoms with E-state index in [9.17, 15) is 4.79 Å². The molecule has 0 aromatic rings. The fraction of sp³-hybridized carbons (Fsp3) is 0.875. The van der Waals surface area contributed by atoms with E-state index in [0.717, 1.165) is 0 Å². The molecule has 0 aliphatic heterocycles. The highest BCUT2D eigenvalue weighted by molar-refractivity contribution is 5.75. The Morgan fingerprint density at radius 2 is 2.09 bits per heavy atom. The molecule has 0 aliphatic rings. The number of carbonyl (C=O) groups excluding carboxylic acids is 1. The maximum Gasteiger partial charge on any atom is 0.132 e. The second-order valence-corrected chi connectivity index (χ2v) is 3.22. The van der Waals surface area contributed by atoms with Crippen molar-refractivity contribution in [2.45, 2.75) is 32.8 Å². The Morgan fingerprint density at radius 1 is 1.55 bits per heavy atom. The molecule has 0 aromatic carbocycles. The predicted molar refractivity (Wildman–Crippen MR) is 42.4 cm³/mol. The van der Waals surface area contributed by atoms with Gasteiger partial charge >= 0.3 is 0 Å². The highest BCUT2D eigenvalue weighted by Crippen LogP contribution is 2.07. The lowest BCUT2D eigenvalue weighted by Gasteiger charge is -2.21. The van der Waals surface area contributed by atoms with Gasteiger partial charge in [0.15, 0.2) is 0 Å². The third-order valence-corrected chi connectivity index (χ3v) is 1.33. The van der Waals surface area contributed by atoms with E-state index in [2.05, 4.69) is 0 Å². The molecule has 66 valence electrons. The molecule has 0 radical (unpaired) electrons. The Kier molecular flexibility index (Phi) is 4.30. The number of ether oxygens (including phenoxy) is 1. The molecule has 0 aromatic heterocycles. The van der Waals surface area contributed by atoms with Crippen LogP contribution in [0.5, 0.6) is 0 Å². The van der Waals surface area contributed by atoms with Crippen LogP contribution in [0.2, 0.25) is 0 Å². The van der Waals surface area contributed by atoms with Gasteiger partial charge < -0.3 is 9.84 Å². The highest BCUT2D eigenvalue weighted by Gasteiger charge is 2.16. The van der Waals surface area contributed by atoms with Gasteiger partial charge in [-0.2, -0.15) is 0 Å². The van der Waals surface area contributed by atoms with E-state index < -0.39 is 5.60 Å². The summed E-state index contributed by atoms with van der Waals surface area (Å²) < 4.78 is 5.22. The maximum atomic E-state index is 10.5. The van der Waals surface area contributed by atoms with Gasteiger partial charge in [-0.05, 0) is 20.8 Å². The SMILES string of the molecule is CC(=O)CCOC(C)(C)CO. The number of carbonyl (C=O) groups is 1. The minimum atomic E-state index is -0.518. The summed E-state index contributed by atoms with van der Waals surface area (Å²) in [5.41, 5.74) is -0.518. The molecular weight excluding hydrogens is 144 g/mol. The van der Waals surface area contributed by atoms with Gasteiger partial charge in [0.25, 0.3) is 0 Å². The van der Waals surface area contributed by atoms with Crippen molar-refractivity contribution in [3.05, 3.63) is 0 Å². The summed E-state index contributed by atoms with van der Waals surface area (Å²) in [6, 6.07) is 0. The van der Waals surface area contributed by atoms with E-state index in [1.54, 1.807) is 13.8 Å². The Labute approximate surface area is 67.4 Å². The fourth-order valence-corrected chi connectivity index (χ4v) is 0.517. The van der Waals surface area contributed by atoms with Crippen LogP contribution in [0.3, 0.4) is 0 Å². The summed E-state index contributed by atoms with van der Waals surface area (Å²) in [6.45, 7) is 5.46. The molecule has 0 spiro atoms. The van der Waals surface area contributed by atoms with Gasteiger partial charge in [-0.15, -0.1) is 0 Å². The summed E-state index contributed by atoms with van der Waals surface area (Å²) in [5, 5.41) is 8.75. The topological polar surface area (TPSA) is 46.5 Å². The number of rotatable bonds is 5. The average molecular weight is 160 g/mol. The summed E-state index contributed by atoms with van der Waals surface area (Å²) in [5.74, 6) is 0.110. The van der Waals surface area contributed by atoms with Crippen molar-refractivity contribution in [2.75, 3.05) is 13.2 Å². The zero-order chi connectivity index (χ0) is 8.91. The summed E-state index contributed by atoms with van der Waals surface area (Å²) in [6.07, 6.45) is 0.420. The molecule has 11 heavy (non-hydrogen) atoms. The largest absolute Gasteiger partial charge is 0.393 e. The summed E-state index contributed by atoms with van der Waals surface area (Å²) in [7, 11) is 0. The molecule has 0 bridgehead atoms. The first kappa shape index (κ1) is 10.6. The molecule has 0 saturated carbocycles. The molecule has 0 heterocycles. The van der Waals surface area contributed by atoms with Gasteiger partial charge in [0.1, 0.15) is 5.78 Å². The number of hydrogen-bond donors (Lipinski definition) is 1. The van der Waals surface area contributed by atoms with Gasteiger partial charge in [-0.3, -0.25) is 4.79 Å². The number of ketones is 1. The van der Waals surface area contributed by atoms with Gasteiger partial charge in [0, 0.05) is 6.42 Å². The van der Waals surface area contributed by atoms with Crippen molar-refractivity contribution in [1.82, 2.24) is 0 Å². The second-order valence-electron chi connectivity index (χ2n) is 3.22. The monoisotopic (exact) mass is 160 g/mol. The van der Waals surface area contributed by atoms with Crippen molar-refractivity contribution >= 4 is 5.78 Å². The van der Waals surface area contributed by atoms with E-state index in [0.29, 0.717) is 13.0 Å². The lowest BCUT2D eigenvalue weighted by molar-refractivity contribution is -0.120. The average Bonchev–Trinajstić information content (AvgIpc) is 1.87. The van der Waals surface area contributed by atoms with Crippen LogP contribution in [-0.4, -0.2) is 29.7 Å². The minimum absolute atomic E-state index is 0.0229. The molecule has 0 aliphatic carbocycles. The Morgan fingerprint density at radius 3 is 2.45 bits per heavy atom. The number of aliphatic hydroxyl groups is 1. The third kappa shape index (κ3) is 6.01. The van der Waals surface area contributed by atoms with E-state index in [-0.39, 0.29) is 12.4 Å². The second kappa shape index (κ2) is 4.46. The molecule has 0 unspecified atom stereocenters. The third-order valence-electron chi connectivity index (χ3n) is 1.33. The van der Waals surface area contributed by atoms with Crippen LogP contribution >= 0.6 is 0 Å². The molecule has 3 nitrogen and oxygen atoms in total. The van der Waals surface area contributed by atoms with Crippen molar-refractivity contribution in [3.63, 3.8) is 0 Å². The van der Waals surface area contributed by atoms with Gasteiger partial charge in [0.2, 0.25) is 0 Å². The van der Waals surface area contributed by atoms with E-state index >= 15 is 0 Å². The van der Waals surface area contributed by atoms with Gasteiger partial charge in [0.05, 0.1) is 18.8 Å². The Balaban J connectivity index is 3.45. The van der Waals surface area contributed by atoms with Crippen LogP contribution in [0.4, 0.5) is 0 Å². The fourth-order valence-electron chi connectivity index (χ4n) is 0.517. The van der Waals surface area contributed by atoms with E-state index in [4.69, 9.17) is 9.84 Å². The van der Waals surface area contributed by atoms with E-state index in [1.807, 2.05) is 0 Å². The quantitative estimate of drug-likeness (QED) is 0.645. The molecule has 0 saturated heterocycles. The molecule has 1 N–H and O–H groups in total. The predicted octanol–water partition coefficient (Wildman–Crippen LogP) is 0.753. The molecule has 3 heteroatoms. The van der Waals surface area contributed by atoms with Crippen LogP contribution in [0.15, 0.2) is 0 Å². The zero-order valence-electron chi connectivity index (χ0n) is 7.39. The smallest absolute Gasteiger partial charge is 0.132 e. The first-order chi connectivity index (χ1) is 4.98. The summed E-state index contributed by atoms with van der Waals surface area (Å²) >= 11 is 0. The standard InChI is InChI=1S/C8H16O3/c1-7(10)4-5-11-8(2,3)6-9/h9H,4-6H2,1-3H3. The molecular formula is C8H16O3. The van der Waals surface area contributed by atoms with Crippen LogP contribution in [0.1, 0.15) is 27.2 Å². The maximum absolute atomic E-state index is 10.5. The van der Waals surface area contributed by atoms with Crippen LogP contribution < -0.4 is 0 Å². The van der Waals surface area contributed by atoms with Crippen LogP contribution in [-0.2, 0) is 9.53 Å². The minimum Gasteiger partial charge on any atom is -0.393 e. The van der Waals surface area contributed by atoms with Crippen LogP contribution in [0.25, 0.3) is 0 Å². The normalized spacial score (nSPS) is 11.6. The van der Waals surface area contributed by atoms with Crippen molar-refractivity contribution in [3.8, 4) is 0 Å².